The van der Waals surface area contributed by atoms with Crippen molar-refractivity contribution in [2.45, 2.75) is 11.1 Å². The van der Waals surface area contributed by atoms with Crippen molar-refractivity contribution in [3.63, 3.8) is 0 Å². The van der Waals surface area contributed by atoms with Crippen molar-refractivity contribution in [1.82, 2.24) is 5.32 Å². The largest absolute Gasteiger partial charge is 0.365 e. The number of nitrogens with one attached hydrogen (secondary N) is 1. The van der Waals surface area contributed by atoms with Gasteiger partial charge in [-0.15, -0.1) is 0 Å². The van der Waals surface area contributed by atoms with Crippen LogP contribution in [0.2, 0.25) is 0 Å². The summed E-state index contributed by atoms with van der Waals surface area (Å²) in [6.45, 7) is 1.03. The highest BCUT2D eigenvalue weighted by molar-refractivity contribution is 9.09. The van der Waals surface area contributed by atoms with Crippen molar-refractivity contribution < 1.29 is 4.74 Å². The summed E-state index contributed by atoms with van der Waals surface area (Å²) in [6.07, 6.45) is 0.250. The van der Waals surface area contributed by atoms with Gasteiger partial charge in [-0.1, -0.05) is 15.9 Å². The Bertz CT molecular complexity index is 66.7. The second-order valence-corrected chi connectivity index (χ2v) is 2.76. The van der Waals surface area contributed by atoms with Gasteiger partial charge in [0.25, 0.3) is 0 Å². The second-order valence-electron chi connectivity index (χ2n) is 1.58. The Morgan fingerprint density at radius 1 is 1.86 bits per heavy atom. The average Bonchev–Trinajstić information content (AvgIpc) is 1.65. The number of hydrogen-bond donors (Lipinski definition) is 1. The van der Waals surface area contributed by atoms with Crippen molar-refractivity contribution in [3.05, 3.63) is 0 Å². The van der Waals surface area contributed by atoms with E-state index in [0.717, 1.165) is 6.54 Å². The molecular formula is C4H8BrNO. The van der Waals surface area contributed by atoms with Crippen LogP contribution in [0.15, 0.2) is 0 Å². The fourth-order valence-electron chi connectivity index (χ4n) is 0.534. The molecule has 0 spiro atoms. The molecule has 0 aromatic carbocycles. The number of ether oxygens (including phenoxy) is 1. The molecule has 1 unspecified atom stereocenters. The van der Waals surface area contributed by atoms with Crippen LogP contribution < -0.4 is 5.32 Å². The van der Waals surface area contributed by atoms with Crippen molar-refractivity contribution in [2.24, 2.45) is 0 Å². The fourth-order valence-corrected chi connectivity index (χ4v) is 1.12. The summed E-state index contributed by atoms with van der Waals surface area (Å²) in [4.78, 5) is 0.525. The lowest BCUT2D eigenvalue weighted by atomic mass is 10.2. The molecule has 0 saturated carbocycles. The Labute approximate surface area is 51.4 Å². The molecule has 3 heteroatoms. The molecule has 0 aromatic heterocycles. The smallest absolute Gasteiger partial charge is 0.121 e. The predicted octanol–water partition coefficient (Wildman–Crippen LogP) is 0.326. The molecule has 0 aliphatic carbocycles. The first kappa shape index (κ1) is 5.54. The van der Waals surface area contributed by atoms with E-state index in [-0.39, 0.29) is 6.23 Å². The van der Waals surface area contributed by atoms with Crippen LogP contribution in [0.25, 0.3) is 0 Å². The van der Waals surface area contributed by atoms with Crippen molar-refractivity contribution in [2.75, 3.05) is 13.7 Å². The van der Waals surface area contributed by atoms with E-state index in [0.29, 0.717) is 4.83 Å². The van der Waals surface area contributed by atoms with Gasteiger partial charge in [0, 0.05) is 13.7 Å². The first-order valence-electron chi connectivity index (χ1n) is 2.25. The van der Waals surface area contributed by atoms with E-state index in [9.17, 15) is 0 Å². The van der Waals surface area contributed by atoms with E-state index in [2.05, 4.69) is 21.2 Å². The minimum absolute atomic E-state index is 0.250. The number of methoxy groups -OCH3 is 1. The van der Waals surface area contributed by atoms with Gasteiger partial charge < -0.3 is 4.74 Å². The molecule has 1 aliphatic rings. The van der Waals surface area contributed by atoms with Gasteiger partial charge >= 0.3 is 0 Å². The lowest BCUT2D eigenvalue weighted by Crippen LogP contribution is -2.54. The Balaban J connectivity index is 2.16. The Hall–Kier alpha value is 0.400. The lowest BCUT2D eigenvalue weighted by molar-refractivity contribution is 0.0321. The molecule has 7 heavy (non-hydrogen) atoms. The van der Waals surface area contributed by atoms with Gasteiger partial charge in [-0.2, -0.15) is 0 Å². The molecule has 1 aliphatic heterocycles. The number of hydrogen-bond acceptors (Lipinski definition) is 2. The van der Waals surface area contributed by atoms with Crippen LogP contribution >= 0.6 is 15.9 Å². The SMILES string of the molecule is CO[C@@H]1NCC1Br. The molecule has 0 amide bonds. The minimum atomic E-state index is 0.250. The predicted molar refractivity (Wildman–Crippen MR) is 31.5 cm³/mol. The van der Waals surface area contributed by atoms with E-state index >= 15 is 0 Å². The van der Waals surface area contributed by atoms with Crippen molar-refractivity contribution in [1.29, 1.82) is 0 Å². The van der Waals surface area contributed by atoms with Gasteiger partial charge in [-0.3, -0.25) is 5.32 Å². The number of alkyl halides is 1. The van der Waals surface area contributed by atoms with E-state index in [4.69, 9.17) is 4.74 Å². The molecular weight excluding hydrogens is 158 g/mol. The first-order valence-corrected chi connectivity index (χ1v) is 3.16. The summed E-state index contributed by atoms with van der Waals surface area (Å²) in [7, 11) is 1.70. The third-order valence-electron chi connectivity index (χ3n) is 1.10. The average molecular weight is 166 g/mol. The third-order valence-corrected chi connectivity index (χ3v) is 1.90. The van der Waals surface area contributed by atoms with Crippen LogP contribution in [-0.2, 0) is 4.74 Å². The van der Waals surface area contributed by atoms with E-state index < -0.39 is 0 Å². The molecule has 0 radical (unpaired) electrons. The molecule has 0 aromatic rings. The summed E-state index contributed by atoms with van der Waals surface area (Å²) in [5.74, 6) is 0. The molecule has 2 atom stereocenters. The van der Waals surface area contributed by atoms with Crippen LogP contribution in [0, 0.1) is 0 Å². The highest BCUT2D eigenvalue weighted by Crippen LogP contribution is 2.12. The molecule has 1 saturated heterocycles. The molecule has 1 N–H and O–H groups in total. The zero-order valence-electron chi connectivity index (χ0n) is 4.15. The Kier molecular flexibility index (Phi) is 1.67. The molecule has 1 fully saturated rings. The molecule has 1 heterocycles. The zero-order valence-corrected chi connectivity index (χ0v) is 5.73. The summed E-state index contributed by atoms with van der Waals surface area (Å²) in [5.41, 5.74) is 0. The number of rotatable bonds is 1. The maximum Gasteiger partial charge on any atom is 0.121 e. The van der Waals surface area contributed by atoms with Gasteiger partial charge in [0.05, 0.1) is 4.83 Å². The molecule has 2 nitrogen and oxygen atoms in total. The van der Waals surface area contributed by atoms with Crippen LogP contribution in [0.1, 0.15) is 0 Å². The zero-order chi connectivity index (χ0) is 5.28. The van der Waals surface area contributed by atoms with Crippen LogP contribution in [0.3, 0.4) is 0 Å². The summed E-state index contributed by atoms with van der Waals surface area (Å²) >= 11 is 3.40. The Morgan fingerprint density at radius 2 is 2.57 bits per heavy atom. The van der Waals surface area contributed by atoms with Gasteiger partial charge in [0.2, 0.25) is 0 Å². The molecule has 0 bridgehead atoms. The highest BCUT2D eigenvalue weighted by atomic mass is 79.9. The van der Waals surface area contributed by atoms with Crippen molar-refractivity contribution >= 4 is 15.9 Å². The van der Waals surface area contributed by atoms with Gasteiger partial charge in [0.1, 0.15) is 6.23 Å². The van der Waals surface area contributed by atoms with E-state index in [1.807, 2.05) is 0 Å². The fraction of sp³-hybridized carbons (Fsp3) is 1.00. The maximum atomic E-state index is 4.94. The summed E-state index contributed by atoms with van der Waals surface area (Å²) < 4.78 is 4.94. The highest BCUT2D eigenvalue weighted by Gasteiger charge is 2.26. The standard InChI is InChI=1S/C4H8BrNO/c1-7-4-3(5)2-6-4/h3-4,6H,2H2,1H3/t3?,4-/m0/s1. The van der Waals surface area contributed by atoms with Crippen LogP contribution in [0.5, 0.6) is 0 Å². The monoisotopic (exact) mass is 165 g/mol. The third kappa shape index (κ3) is 0.953. The Morgan fingerprint density at radius 3 is 2.57 bits per heavy atom. The summed E-state index contributed by atoms with van der Waals surface area (Å²) in [6, 6.07) is 0. The van der Waals surface area contributed by atoms with E-state index in [1.54, 1.807) is 7.11 Å². The van der Waals surface area contributed by atoms with E-state index in [1.165, 1.54) is 0 Å². The van der Waals surface area contributed by atoms with Gasteiger partial charge in [-0.05, 0) is 0 Å². The van der Waals surface area contributed by atoms with Gasteiger partial charge in [0.15, 0.2) is 0 Å². The van der Waals surface area contributed by atoms with Crippen LogP contribution in [-0.4, -0.2) is 24.7 Å². The minimum Gasteiger partial charge on any atom is -0.365 e. The normalized spacial score (nSPS) is 40.3. The maximum absolute atomic E-state index is 4.94. The molecule has 1 rings (SSSR count). The summed E-state index contributed by atoms with van der Waals surface area (Å²) in [5, 5.41) is 3.08. The van der Waals surface area contributed by atoms with Gasteiger partial charge in [-0.25, -0.2) is 0 Å². The topological polar surface area (TPSA) is 21.3 Å². The molecule has 42 valence electrons. The van der Waals surface area contributed by atoms with Crippen LogP contribution in [0.4, 0.5) is 0 Å². The second kappa shape index (κ2) is 2.11. The lowest BCUT2D eigenvalue weighted by Gasteiger charge is -2.32. The quantitative estimate of drug-likeness (QED) is 0.566. The van der Waals surface area contributed by atoms with Crippen molar-refractivity contribution in [3.8, 4) is 0 Å². The first-order chi connectivity index (χ1) is 3.34. The number of halogens is 1.